The fourth-order valence-electron chi connectivity index (χ4n) is 4.25. The molecule has 0 amide bonds. The average molecular weight is 392 g/mol. The summed E-state index contributed by atoms with van der Waals surface area (Å²) in [5.74, 6) is 1.54. The lowest BCUT2D eigenvalue weighted by Crippen LogP contribution is -2.37. The van der Waals surface area contributed by atoms with Crippen LogP contribution >= 0.6 is 0 Å². The maximum Gasteiger partial charge on any atom is 0.256 e. The van der Waals surface area contributed by atoms with Gasteiger partial charge in [0.15, 0.2) is 0 Å². The number of aromatic nitrogens is 2. The summed E-state index contributed by atoms with van der Waals surface area (Å²) in [6, 6.07) is 0.574. The first-order valence-corrected chi connectivity index (χ1v) is 12.8. The van der Waals surface area contributed by atoms with Crippen molar-refractivity contribution in [2.75, 3.05) is 0 Å². The Kier molecular flexibility index (Phi) is 15.4. The minimum atomic E-state index is 0.574. The molecule has 0 radical (unpaired) electrons. The smallest absolute Gasteiger partial charge is 0.234 e. The van der Waals surface area contributed by atoms with Crippen molar-refractivity contribution in [2.45, 2.75) is 149 Å². The zero-order chi connectivity index (χ0) is 20.5. The molecule has 2 nitrogen and oxygen atoms in total. The highest BCUT2D eigenvalue weighted by molar-refractivity contribution is 4.86. The zero-order valence-electron chi connectivity index (χ0n) is 19.9. The lowest BCUT2D eigenvalue weighted by Gasteiger charge is -2.08. The second kappa shape index (κ2) is 17.1. The van der Waals surface area contributed by atoms with Gasteiger partial charge in [0.2, 0.25) is 0 Å². The number of imidazole rings is 1. The van der Waals surface area contributed by atoms with E-state index in [1.807, 2.05) is 0 Å². The van der Waals surface area contributed by atoms with Gasteiger partial charge < -0.3 is 0 Å². The third-order valence-electron chi connectivity index (χ3n) is 6.10. The lowest BCUT2D eigenvalue weighted by atomic mass is 10.0. The van der Waals surface area contributed by atoms with Crippen molar-refractivity contribution in [3.05, 3.63) is 18.2 Å². The van der Waals surface area contributed by atoms with E-state index in [9.17, 15) is 0 Å². The third-order valence-corrected chi connectivity index (χ3v) is 6.10. The quantitative estimate of drug-likeness (QED) is 0.166. The second-order valence-corrected chi connectivity index (χ2v) is 9.11. The molecule has 0 atom stereocenters. The Bertz CT molecular complexity index is 461. The molecule has 1 rings (SSSR count). The van der Waals surface area contributed by atoms with Gasteiger partial charge in [-0.2, -0.15) is 0 Å². The van der Waals surface area contributed by atoms with Crippen LogP contribution in [0.3, 0.4) is 0 Å². The minimum absolute atomic E-state index is 0.574. The number of aryl methyl sites for hydroxylation is 1. The minimum Gasteiger partial charge on any atom is -0.234 e. The van der Waals surface area contributed by atoms with E-state index in [4.69, 9.17) is 0 Å². The first kappa shape index (κ1) is 25.2. The van der Waals surface area contributed by atoms with E-state index in [1.54, 1.807) is 5.82 Å². The SMILES string of the molecule is CCCCCCCCCCCCCCC[n+]1ccn(C(C)C)c1CCCCC. The lowest BCUT2D eigenvalue weighted by molar-refractivity contribution is -0.704. The Hall–Kier alpha value is -0.790. The Morgan fingerprint density at radius 3 is 1.64 bits per heavy atom. The number of nitrogens with zero attached hydrogens (tertiary/aromatic N) is 2. The topological polar surface area (TPSA) is 8.81 Å². The summed E-state index contributed by atoms with van der Waals surface area (Å²) < 4.78 is 5.02. The fourth-order valence-corrected chi connectivity index (χ4v) is 4.25. The maximum atomic E-state index is 2.54. The van der Waals surface area contributed by atoms with Gasteiger partial charge in [0, 0.05) is 6.42 Å². The van der Waals surface area contributed by atoms with Gasteiger partial charge in [0.25, 0.3) is 5.82 Å². The fraction of sp³-hybridized carbons (Fsp3) is 0.885. The molecule has 0 unspecified atom stereocenters. The Balaban J connectivity index is 2.09. The molecular weight excluding hydrogens is 340 g/mol. The molecule has 0 saturated carbocycles. The molecule has 0 aliphatic heterocycles. The van der Waals surface area contributed by atoms with Crippen molar-refractivity contribution in [3.63, 3.8) is 0 Å². The molecule has 0 aliphatic carbocycles. The van der Waals surface area contributed by atoms with Crippen LogP contribution in [0.5, 0.6) is 0 Å². The van der Waals surface area contributed by atoms with Crippen LogP contribution in [-0.4, -0.2) is 4.57 Å². The molecule has 1 heterocycles. The van der Waals surface area contributed by atoms with Crippen LogP contribution in [0.2, 0.25) is 0 Å². The van der Waals surface area contributed by atoms with E-state index in [0.717, 1.165) is 0 Å². The van der Waals surface area contributed by atoms with Gasteiger partial charge in [-0.25, -0.2) is 9.13 Å². The monoisotopic (exact) mass is 391 g/mol. The summed E-state index contributed by atoms with van der Waals surface area (Å²) >= 11 is 0. The average Bonchev–Trinajstić information content (AvgIpc) is 3.09. The molecule has 0 N–H and O–H groups in total. The number of rotatable bonds is 19. The number of hydrogen-bond donors (Lipinski definition) is 0. The van der Waals surface area contributed by atoms with Crippen LogP contribution in [0.15, 0.2) is 12.4 Å². The Morgan fingerprint density at radius 1 is 0.679 bits per heavy atom. The van der Waals surface area contributed by atoms with E-state index in [2.05, 4.69) is 49.2 Å². The molecule has 1 aromatic heterocycles. The first-order valence-electron chi connectivity index (χ1n) is 12.8. The molecule has 0 bridgehead atoms. The highest BCUT2D eigenvalue weighted by atomic mass is 15.2. The highest BCUT2D eigenvalue weighted by Crippen LogP contribution is 2.13. The summed E-state index contributed by atoms with van der Waals surface area (Å²) in [6.45, 7) is 10.4. The predicted octanol–water partition coefficient (Wildman–Crippen LogP) is 8.18. The molecule has 164 valence electrons. The molecule has 1 aromatic rings. The molecule has 0 spiro atoms. The van der Waals surface area contributed by atoms with Gasteiger partial charge in [-0.1, -0.05) is 97.3 Å². The zero-order valence-corrected chi connectivity index (χ0v) is 19.9. The predicted molar refractivity (Wildman–Crippen MR) is 124 cm³/mol. The molecule has 2 heteroatoms. The van der Waals surface area contributed by atoms with Crippen molar-refractivity contribution >= 4 is 0 Å². The largest absolute Gasteiger partial charge is 0.256 e. The van der Waals surface area contributed by atoms with Gasteiger partial charge in [-0.05, 0) is 33.1 Å². The van der Waals surface area contributed by atoms with E-state index < -0.39 is 0 Å². The summed E-state index contributed by atoms with van der Waals surface area (Å²) in [5.41, 5.74) is 0. The van der Waals surface area contributed by atoms with Crippen molar-refractivity contribution < 1.29 is 4.57 Å². The standard InChI is InChI=1S/C26H51N2/c1-5-7-9-10-11-12-13-14-15-16-17-18-20-22-27-23-24-28(25(3)4)26(27)21-19-8-6-2/h23-25H,5-22H2,1-4H3/q+1. The Labute approximate surface area is 177 Å². The number of hydrogen-bond acceptors (Lipinski definition) is 0. The molecule has 0 fully saturated rings. The van der Waals surface area contributed by atoms with E-state index in [0.29, 0.717) is 6.04 Å². The third kappa shape index (κ3) is 11.3. The molecule has 0 aromatic carbocycles. The summed E-state index contributed by atoms with van der Waals surface area (Å²) in [4.78, 5) is 0. The molecule has 0 aliphatic rings. The van der Waals surface area contributed by atoms with Gasteiger partial charge >= 0.3 is 0 Å². The second-order valence-electron chi connectivity index (χ2n) is 9.11. The van der Waals surface area contributed by atoms with Crippen LogP contribution in [0.25, 0.3) is 0 Å². The van der Waals surface area contributed by atoms with Gasteiger partial charge in [0.1, 0.15) is 12.4 Å². The van der Waals surface area contributed by atoms with Crippen molar-refractivity contribution in [1.29, 1.82) is 0 Å². The van der Waals surface area contributed by atoms with Crippen LogP contribution in [-0.2, 0) is 13.0 Å². The van der Waals surface area contributed by atoms with Crippen molar-refractivity contribution in [3.8, 4) is 0 Å². The van der Waals surface area contributed by atoms with Gasteiger partial charge in [0.05, 0.1) is 12.6 Å². The van der Waals surface area contributed by atoms with E-state index in [1.165, 1.54) is 116 Å². The van der Waals surface area contributed by atoms with Gasteiger partial charge in [-0.15, -0.1) is 0 Å². The normalized spacial score (nSPS) is 11.6. The van der Waals surface area contributed by atoms with E-state index in [-0.39, 0.29) is 0 Å². The maximum absolute atomic E-state index is 2.54. The van der Waals surface area contributed by atoms with Crippen molar-refractivity contribution in [2.24, 2.45) is 0 Å². The Morgan fingerprint density at radius 2 is 1.14 bits per heavy atom. The highest BCUT2D eigenvalue weighted by Gasteiger charge is 2.18. The summed E-state index contributed by atoms with van der Waals surface area (Å²) in [6.07, 6.45) is 28.5. The van der Waals surface area contributed by atoms with Crippen LogP contribution in [0.4, 0.5) is 0 Å². The molecular formula is C26H51N2+. The van der Waals surface area contributed by atoms with Crippen molar-refractivity contribution in [1.82, 2.24) is 4.57 Å². The molecule has 0 saturated heterocycles. The molecule has 28 heavy (non-hydrogen) atoms. The number of unbranched alkanes of at least 4 members (excludes halogenated alkanes) is 14. The van der Waals surface area contributed by atoms with Crippen LogP contribution in [0.1, 0.15) is 142 Å². The van der Waals surface area contributed by atoms with Gasteiger partial charge in [-0.3, -0.25) is 0 Å². The summed E-state index contributed by atoms with van der Waals surface area (Å²) in [5, 5.41) is 0. The van der Waals surface area contributed by atoms with Crippen LogP contribution in [0, 0.1) is 0 Å². The van der Waals surface area contributed by atoms with Crippen LogP contribution < -0.4 is 4.57 Å². The summed E-state index contributed by atoms with van der Waals surface area (Å²) in [7, 11) is 0. The van der Waals surface area contributed by atoms with E-state index >= 15 is 0 Å². The first-order chi connectivity index (χ1) is 13.7.